The van der Waals surface area contributed by atoms with Crippen LogP contribution in [-0.2, 0) is 19.8 Å². The number of halogens is 4. The van der Waals surface area contributed by atoms with Crippen molar-refractivity contribution in [2.75, 3.05) is 6.54 Å². The maximum Gasteiger partial charge on any atom is 0.435 e. The highest BCUT2D eigenvalue weighted by molar-refractivity contribution is 5.93. The van der Waals surface area contributed by atoms with E-state index in [-0.39, 0.29) is 24.6 Å². The number of amides is 1. The largest absolute Gasteiger partial charge is 0.435 e. The number of aryl methyl sites for hydroxylation is 1. The van der Waals surface area contributed by atoms with Crippen LogP contribution in [-0.4, -0.2) is 32.0 Å². The Labute approximate surface area is 151 Å². The van der Waals surface area contributed by atoms with Gasteiger partial charge >= 0.3 is 6.18 Å². The average Bonchev–Trinajstić information content (AvgIpc) is 3.22. The molecule has 0 saturated heterocycles. The van der Waals surface area contributed by atoms with Crippen molar-refractivity contribution in [3.8, 4) is 11.3 Å². The first kappa shape index (κ1) is 18.6. The molecule has 0 spiro atoms. The van der Waals surface area contributed by atoms with Crippen molar-refractivity contribution in [3.63, 3.8) is 0 Å². The molecule has 0 atom stereocenters. The van der Waals surface area contributed by atoms with Gasteiger partial charge in [0.15, 0.2) is 5.69 Å². The van der Waals surface area contributed by atoms with Gasteiger partial charge in [0.2, 0.25) is 0 Å². The van der Waals surface area contributed by atoms with E-state index in [0.717, 1.165) is 10.7 Å². The van der Waals surface area contributed by atoms with Crippen LogP contribution in [0, 0.1) is 5.82 Å². The number of nitrogens with one attached hydrogen (secondary N) is 1. The Hall–Kier alpha value is -3.17. The third kappa shape index (κ3) is 4.33. The minimum Gasteiger partial charge on any atom is -0.349 e. The highest BCUT2D eigenvalue weighted by Crippen LogP contribution is 2.27. The van der Waals surface area contributed by atoms with Crippen molar-refractivity contribution in [2.45, 2.75) is 12.7 Å². The van der Waals surface area contributed by atoms with Gasteiger partial charge in [-0.3, -0.25) is 14.2 Å². The number of alkyl halides is 3. The molecule has 0 bridgehead atoms. The summed E-state index contributed by atoms with van der Waals surface area (Å²) in [5.74, 6) is -0.804. The molecule has 142 valence electrons. The van der Waals surface area contributed by atoms with E-state index < -0.39 is 17.8 Å². The number of hydrogen-bond donors (Lipinski definition) is 1. The predicted octanol–water partition coefficient (Wildman–Crippen LogP) is 2.87. The van der Waals surface area contributed by atoms with Crippen LogP contribution in [0.25, 0.3) is 11.3 Å². The van der Waals surface area contributed by atoms with Gasteiger partial charge in [-0.05, 0) is 36.4 Å². The van der Waals surface area contributed by atoms with Gasteiger partial charge < -0.3 is 5.32 Å². The maximum atomic E-state index is 13.0. The Morgan fingerprint density at radius 1 is 1.15 bits per heavy atom. The van der Waals surface area contributed by atoms with Crippen LogP contribution in [0.3, 0.4) is 0 Å². The third-order valence-corrected chi connectivity index (χ3v) is 3.81. The van der Waals surface area contributed by atoms with Gasteiger partial charge in [-0.2, -0.15) is 23.4 Å². The zero-order chi connectivity index (χ0) is 19.6. The van der Waals surface area contributed by atoms with Crippen LogP contribution < -0.4 is 5.32 Å². The Balaban J connectivity index is 1.61. The SMILES string of the molecule is Cn1nc(-c2ccc(F)cc2)cc1C(=O)NCCn1ccc(C(F)(F)F)n1. The van der Waals surface area contributed by atoms with Gasteiger partial charge in [0, 0.05) is 25.4 Å². The number of hydrogen-bond acceptors (Lipinski definition) is 3. The number of carbonyl (C=O) groups excluding carboxylic acids is 1. The molecular weight excluding hydrogens is 366 g/mol. The molecular formula is C17H15F4N5O. The fourth-order valence-corrected chi connectivity index (χ4v) is 2.45. The van der Waals surface area contributed by atoms with Crippen molar-refractivity contribution in [3.05, 3.63) is 59.8 Å². The summed E-state index contributed by atoms with van der Waals surface area (Å²) < 4.78 is 53.0. The summed E-state index contributed by atoms with van der Waals surface area (Å²) in [5, 5.41) is 10.2. The van der Waals surface area contributed by atoms with E-state index in [1.54, 1.807) is 25.2 Å². The molecule has 0 aliphatic rings. The maximum absolute atomic E-state index is 13.0. The Kier molecular flexibility index (Phi) is 4.98. The Morgan fingerprint density at radius 2 is 1.85 bits per heavy atom. The van der Waals surface area contributed by atoms with Gasteiger partial charge in [0.05, 0.1) is 12.2 Å². The van der Waals surface area contributed by atoms with E-state index in [2.05, 4.69) is 15.5 Å². The fourth-order valence-electron chi connectivity index (χ4n) is 2.45. The second kappa shape index (κ2) is 7.22. The summed E-state index contributed by atoms with van der Waals surface area (Å²) in [4.78, 5) is 12.3. The van der Waals surface area contributed by atoms with Crippen molar-refractivity contribution in [1.29, 1.82) is 0 Å². The lowest BCUT2D eigenvalue weighted by Crippen LogP contribution is -2.29. The Bertz CT molecular complexity index is 943. The molecule has 27 heavy (non-hydrogen) atoms. The highest BCUT2D eigenvalue weighted by atomic mass is 19.4. The van der Waals surface area contributed by atoms with E-state index in [1.165, 1.54) is 23.0 Å². The molecule has 2 heterocycles. The van der Waals surface area contributed by atoms with Crippen LogP contribution in [0.2, 0.25) is 0 Å². The summed E-state index contributed by atoms with van der Waals surface area (Å²) in [5.41, 5.74) is 0.446. The van der Waals surface area contributed by atoms with Crippen molar-refractivity contribution >= 4 is 5.91 Å². The average molecular weight is 381 g/mol. The molecule has 0 fully saturated rings. The molecule has 0 aliphatic carbocycles. The lowest BCUT2D eigenvalue weighted by atomic mass is 10.1. The zero-order valence-corrected chi connectivity index (χ0v) is 14.2. The zero-order valence-electron chi connectivity index (χ0n) is 14.2. The van der Waals surface area contributed by atoms with Crippen LogP contribution >= 0.6 is 0 Å². The van der Waals surface area contributed by atoms with E-state index >= 15 is 0 Å². The first-order valence-electron chi connectivity index (χ1n) is 7.93. The number of aromatic nitrogens is 4. The smallest absolute Gasteiger partial charge is 0.349 e. The summed E-state index contributed by atoms with van der Waals surface area (Å²) in [6, 6.07) is 8.12. The van der Waals surface area contributed by atoms with Crippen molar-refractivity contribution < 1.29 is 22.4 Å². The van der Waals surface area contributed by atoms with E-state index in [1.807, 2.05) is 0 Å². The third-order valence-electron chi connectivity index (χ3n) is 3.81. The minimum atomic E-state index is -4.50. The number of nitrogens with zero attached hydrogens (tertiary/aromatic N) is 4. The van der Waals surface area contributed by atoms with Crippen molar-refractivity contribution in [1.82, 2.24) is 24.9 Å². The van der Waals surface area contributed by atoms with E-state index in [0.29, 0.717) is 11.3 Å². The molecule has 0 saturated carbocycles. The second-order valence-corrected chi connectivity index (χ2v) is 5.76. The standard InChI is InChI=1S/C17H15F4N5O/c1-25-14(10-13(23-25)11-2-4-12(18)5-3-11)16(27)22-7-9-26-8-6-15(24-26)17(19,20)21/h2-6,8,10H,7,9H2,1H3,(H,22,27). The molecule has 1 N–H and O–H groups in total. The summed E-state index contributed by atoms with van der Waals surface area (Å²) in [6.45, 7) is 0.180. The number of benzene rings is 1. The molecule has 2 aromatic heterocycles. The summed E-state index contributed by atoms with van der Waals surface area (Å²) in [6.07, 6.45) is -3.30. The second-order valence-electron chi connectivity index (χ2n) is 5.76. The predicted molar refractivity (Wildman–Crippen MR) is 88.2 cm³/mol. The number of rotatable bonds is 5. The molecule has 3 rings (SSSR count). The molecule has 1 amide bonds. The Morgan fingerprint density at radius 3 is 2.48 bits per heavy atom. The van der Waals surface area contributed by atoms with Gasteiger partial charge in [-0.25, -0.2) is 4.39 Å². The first-order chi connectivity index (χ1) is 12.7. The molecule has 10 heteroatoms. The quantitative estimate of drug-likeness (QED) is 0.692. The van der Waals surface area contributed by atoms with Crippen LogP contribution in [0.5, 0.6) is 0 Å². The molecule has 0 unspecified atom stereocenters. The number of carbonyl (C=O) groups is 1. The van der Waals surface area contributed by atoms with Gasteiger partial charge in [0.25, 0.3) is 5.91 Å². The molecule has 0 radical (unpaired) electrons. The minimum absolute atomic E-state index is 0.0878. The van der Waals surface area contributed by atoms with Gasteiger partial charge in [0.1, 0.15) is 11.5 Å². The highest BCUT2D eigenvalue weighted by Gasteiger charge is 2.33. The summed E-state index contributed by atoms with van der Waals surface area (Å²) >= 11 is 0. The van der Waals surface area contributed by atoms with Crippen LogP contribution in [0.1, 0.15) is 16.2 Å². The lowest BCUT2D eigenvalue weighted by Gasteiger charge is -2.06. The lowest BCUT2D eigenvalue weighted by molar-refractivity contribution is -0.141. The van der Waals surface area contributed by atoms with Crippen molar-refractivity contribution in [2.24, 2.45) is 7.05 Å². The van der Waals surface area contributed by atoms with Crippen LogP contribution in [0.15, 0.2) is 42.6 Å². The first-order valence-corrected chi connectivity index (χ1v) is 7.93. The van der Waals surface area contributed by atoms with Gasteiger partial charge in [-0.15, -0.1) is 0 Å². The van der Waals surface area contributed by atoms with E-state index in [4.69, 9.17) is 0 Å². The molecule has 1 aromatic carbocycles. The fraction of sp³-hybridized carbons (Fsp3) is 0.235. The molecule has 6 nitrogen and oxygen atoms in total. The monoisotopic (exact) mass is 381 g/mol. The topological polar surface area (TPSA) is 64.7 Å². The van der Waals surface area contributed by atoms with Crippen LogP contribution in [0.4, 0.5) is 17.6 Å². The molecule has 3 aromatic rings. The molecule has 0 aliphatic heterocycles. The normalized spacial score (nSPS) is 11.6. The van der Waals surface area contributed by atoms with E-state index in [9.17, 15) is 22.4 Å². The summed E-state index contributed by atoms with van der Waals surface area (Å²) in [7, 11) is 1.59. The van der Waals surface area contributed by atoms with Gasteiger partial charge in [-0.1, -0.05) is 0 Å².